The second-order valence-corrected chi connectivity index (χ2v) is 9.08. The molecular weight excluding hydrogens is 517 g/mol. The zero-order valence-corrected chi connectivity index (χ0v) is 20.3. The van der Waals surface area contributed by atoms with Gasteiger partial charge in [0.25, 0.3) is 0 Å². The highest BCUT2D eigenvalue weighted by atomic mass is 32.2. The van der Waals surface area contributed by atoms with Crippen molar-refractivity contribution in [1.29, 1.82) is 10.5 Å². The lowest BCUT2D eigenvalue weighted by Crippen LogP contribution is -2.53. The number of nitrogens with one attached hydrogen (secondary N) is 1. The van der Waals surface area contributed by atoms with Crippen LogP contribution >= 0.6 is 11.8 Å². The summed E-state index contributed by atoms with van der Waals surface area (Å²) >= 11 is 1.57. The van der Waals surface area contributed by atoms with E-state index in [1.54, 1.807) is 33.8 Å². The zero-order valence-electron chi connectivity index (χ0n) is 19.5. The average Bonchev–Trinajstić information content (AvgIpc) is 3.34. The summed E-state index contributed by atoms with van der Waals surface area (Å²) in [5.41, 5.74) is 0.437. The van der Waals surface area contributed by atoms with Crippen LogP contribution in [0.4, 0.5) is 19.0 Å². The fourth-order valence-corrected chi connectivity index (χ4v) is 4.60. The predicted octanol–water partition coefficient (Wildman–Crippen LogP) is 0.590. The van der Waals surface area contributed by atoms with Gasteiger partial charge in [0.15, 0.2) is 0 Å². The molecule has 1 atom stereocenters. The number of thioether (sulfide) groups is 1. The van der Waals surface area contributed by atoms with Crippen LogP contribution in [0.15, 0.2) is 18.3 Å². The van der Waals surface area contributed by atoms with Crippen molar-refractivity contribution >= 4 is 35.4 Å². The van der Waals surface area contributed by atoms with Gasteiger partial charge < -0.3 is 15.3 Å². The fraction of sp³-hybridized carbons (Fsp3) is 0.524. The highest BCUT2D eigenvalue weighted by Gasteiger charge is 2.38. The SMILES string of the molecule is N#Cc1ccc(NC(=O)CN2CCC(N(N)CC(=O)N3CSC[C@H]3C#N)CC2)nc1.O=C(O)C(F)(F)F. The van der Waals surface area contributed by atoms with Gasteiger partial charge in [-0.25, -0.2) is 14.8 Å². The minimum atomic E-state index is -5.08. The van der Waals surface area contributed by atoms with Gasteiger partial charge in [0, 0.05) is 31.1 Å². The Hall–Kier alpha value is -3.44. The number of nitriles is 2. The molecule has 3 heterocycles. The first kappa shape index (κ1) is 29.8. The molecule has 200 valence electrons. The number of carbonyl (C=O) groups excluding carboxylic acids is 2. The maximum Gasteiger partial charge on any atom is 0.490 e. The van der Waals surface area contributed by atoms with Crippen molar-refractivity contribution in [2.45, 2.75) is 31.1 Å². The summed E-state index contributed by atoms with van der Waals surface area (Å²) in [5.74, 6) is 4.69. The van der Waals surface area contributed by atoms with Crippen LogP contribution in [0.25, 0.3) is 0 Å². The van der Waals surface area contributed by atoms with E-state index in [0.29, 0.717) is 36.1 Å². The Balaban J connectivity index is 0.000000604. The first-order valence-corrected chi connectivity index (χ1v) is 12.1. The molecule has 3 rings (SSSR count). The molecule has 37 heavy (non-hydrogen) atoms. The third kappa shape index (κ3) is 9.51. The second-order valence-electron chi connectivity index (χ2n) is 8.08. The molecule has 0 aromatic carbocycles. The number of rotatable bonds is 6. The van der Waals surface area contributed by atoms with E-state index in [-0.39, 0.29) is 37.0 Å². The monoisotopic (exact) mass is 542 g/mol. The molecule has 4 N–H and O–H groups in total. The number of hydrogen-bond donors (Lipinski definition) is 3. The molecular formula is C21H25F3N8O4S. The van der Waals surface area contributed by atoms with E-state index in [1.165, 1.54) is 6.20 Å². The average molecular weight is 543 g/mol. The van der Waals surface area contributed by atoms with Crippen LogP contribution in [0.2, 0.25) is 0 Å². The lowest BCUT2D eigenvalue weighted by molar-refractivity contribution is -0.192. The molecule has 0 radical (unpaired) electrons. The largest absolute Gasteiger partial charge is 0.490 e. The molecule has 0 saturated carbocycles. The Morgan fingerprint density at radius 2 is 1.92 bits per heavy atom. The lowest BCUT2D eigenvalue weighted by atomic mass is 10.0. The Morgan fingerprint density at radius 1 is 1.27 bits per heavy atom. The summed E-state index contributed by atoms with van der Waals surface area (Å²) in [6.07, 6.45) is -2.16. The van der Waals surface area contributed by atoms with Crippen LogP contribution in [-0.4, -0.2) is 98.8 Å². The molecule has 12 nitrogen and oxygen atoms in total. The van der Waals surface area contributed by atoms with Gasteiger partial charge in [-0.3, -0.25) is 20.3 Å². The Bertz CT molecular complexity index is 1040. The number of nitrogens with zero attached hydrogens (tertiary/aromatic N) is 6. The lowest BCUT2D eigenvalue weighted by Gasteiger charge is -2.36. The van der Waals surface area contributed by atoms with Crippen molar-refractivity contribution in [1.82, 2.24) is 19.8 Å². The summed E-state index contributed by atoms with van der Waals surface area (Å²) < 4.78 is 31.7. The van der Waals surface area contributed by atoms with Crippen molar-refractivity contribution in [3.63, 3.8) is 0 Å². The van der Waals surface area contributed by atoms with Crippen molar-refractivity contribution in [2.24, 2.45) is 5.84 Å². The first-order valence-electron chi connectivity index (χ1n) is 10.9. The number of anilines is 1. The number of carbonyl (C=O) groups is 3. The van der Waals surface area contributed by atoms with Gasteiger partial charge in [0.05, 0.1) is 30.6 Å². The second kappa shape index (κ2) is 13.8. The summed E-state index contributed by atoms with van der Waals surface area (Å²) in [4.78, 5) is 41.2. The number of carboxylic acids is 1. The van der Waals surface area contributed by atoms with Gasteiger partial charge in [-0.05, 0) is 25.0 Å². The smallest absolute Gasteiger partial charge is 0.475 e. The van der Waals surface area contributed by atoms with Crippen LogP contribution in [0.5, 0.6) is 0 Å². The standard InChI is InChI=1S/C19H24N8O2S.C2HF3O2/c20-7-14-1-2-17(23-9-14)24-18(28)10-25-5-3-15(4-6-25)27(22)11-19(29)26-13-30-12-16(26)8-21;3-2(4,5)1(6)7/h1-2,9,15-16H,3-6,10-13,22H2,(H,23,24,28);(H,6,7)/t16-;/m1./s1. The van der Waals surface area contributed by atoms with Crippen molar-refractivity contribution in [3.8, 4) is 12.1 Å². The number of piperidine rings is 1. The van der Waals surface area contributed by atoms with E-state index in [4.69, 9.17) is 26.3 Å². The molecule has 0 unspecified atom stereocenters. The number of hydrazine groups is 1. The molecule has 2 saturated heterocycles. The van der Waals surface area contributed by atoms with Gasteiger partial charge in [-0.15, -0.1) is 11.8 Å². The molecule has 2 amide bonds. The molecule has 16 heteroatoms. The molecule has 0 aliphatic carbocycles. The van der Waals surface area contributed by atoms with Gasteiger partial charge >= 0.3 is 12.1 Å². The third-order valence-electron chi connectivity index (χ3n) is 5.47. The quantitative estimate of drug-likeness (QED) is 0.338. The van der Waals surface area contributed by atoms with E-state index in [0.717, 1.165) is 12.8 Å². The normalized spacial score (nSPS) is 18.4. The van der Waals surface area contributed by atoms with E-state index >= 15 is 0 Å². The first-order chi connectivity index (χ1) is 17.4. The highest BCUT2D eigenvalue weighted by Crippen LogP contribution is 2.21. The van der Waals surface area contributed by atoms with Crippen LogP contribution < -0.4 is 11.2 Å². The van der Waals surface area contributed by atoms with Crippen LogP contribution in [-0.2, 0) is 14.4 Å². The van der Waals surface area contributed by atoms with E-state index in [1.807, 2.05) is 11.0 Å². The third-order valence-corrected chi connectivity index (χ3v) is 6.48. The minimum Gasteiger partial charge on any atom is -0.475 e. The van der Waals surface area contributed by atoms with Crippen molar-refractivity contribution in [2.75, 3.05) is 43.1 Å². The Labute approximate surface area is 214 Å². The van der Waals surface area contributed by atoms with Crippen LogP contribution in [0.3, 0.4) is 0 Å². The number of aliphatic carboxylic acids is 1. The number of pyridine rings is 1. The number of aromatic nitrogens is 1. The van der Waals surface area contributed by atoms with E-state index < -0.39 is 12.1 Å². The van der Waals surface area contributed by atoms with Gasteiger partial charge in [-0.1, -0.05) is 0 Å². The molecule has 2 aliphatic rings. The molecule has 1 aromatic heterocycles. The van der Waals surface area contributed by atoms with E-state index in [2.05, 4.69) is 16.4 Å². The van der Waals surface area contributed by atoms with Crippen molar-refractivity contribution in [3.05, 3.63) is 23.9 Å². The minimum absolute atomic E-state index is 0.0595. The Kier molecular flexibility index (Phi) is 11.1. The van der Waals surface area contributed by atoms with Crippen molar-refractivity contribution < 1.29 is 32.7 Å². The van der Waals surface area contributed by atoms with Crippen LogP contribution in [0, 0.1) is 22.7 Å². The number of halogens is 3. The molecule has 0 bridgehead atoms. The molecule has 1 aromatic rings. The number of likely N-dealkylation sites (tertiary alicyclic amines) is 1. The Morgan fingerprint density at radius 3 is 2.43 bits per heavy atom. The highest BCUT2D eigenvalue weighted by molar-refractivity contribution is 7.99. The predicted molar refractivity (Wildman–Crippen MR) is 125 cm³/mol. The number of hydrogen-bond acceptors (Lipinski definition) is 10. The molecule has 2 aliphatic heterocycles. The molecule has 0 spiro atoms. The number of carboxylic acid groups (broad SMARTS) is 1. The molecule has 2 fully saturated rings. The summed E-state index contributed by atoms with van der Waals surface area (Å²) in [5, 5.41) is 29.3. The summed E-state index contributed by atoms with van der Waals surface area (Å²) in [6.45, 7) is 1.73. The van der Waals surface area contributed by atoms with Gasteiger partial charge in [0.1, 0.15) is 17.9 Å². The van der Waals surface area contributed by atoms with Crippen LogP contribution in [0.1, 0.15) is 18.4 Å². The maximum absolute atomic E-state index is 12.4. The maximum atomic E-state index is 12.4. The summed E-state index contributed by atoms with van der Waals surface area (Å²) in [6, 6.07) is 7.03. The summed E-state index contributed by atoms with van der Waals surface area (Å²) in [7, 11) is 0. The fourth-order valence-electron chi connectivity index (χ4n) is 3.50. The van der Waals surface area contributed by atoms with Gasteiger partial charge in [-0.2, -0.15) is 23.7 Å². The van der Waals surface area contributed by atoms with Gasteiger partial charge in [0.2, 0.25) is 11.8 Å². The number of nitrogens with two attached hydrogens (primary N) is 1. The van der Waals surface area contributed by atoms with E-state index in [9.17, 15) is 22.8 Å². The zero-order chi connectivity index (χ0) is 27.6. The number of alkyl halides is 3. The topological polar surface area (TPSA) is 180 Å². The number of amides is 2.